The number of aromatic nitrogens is 2. The Labute approximate surface area is 180 Å². The van der Waals surface area contributed by atoms with Gasteiger partial charge in [-0.1, -0.05) is 13.0 Å². The number of anilines is 1. The van der Waals surface area contributed by atoms with Crippen LogP contribution in [0.5, 0.6) is 11.5 Å². The van der Waals surface area contributed by atoms with Crippen molar-refractivity contribution < 1.29 is 19.1 Å². The number of benzene rings is 2. The Kier molecular flexibility index (Phi) is 7.05. The molecule has 0 saturated carbocycles. The second kappa shape index (κ2) is 10.1. The number of hydrogen-bond donors (Lipinski definition) is 2. The highest BCUT2D eigenvalue weighted by molar-refractivity contribution is 6.02. The molecule has 0 bridgehead atoms. The van der Waals surface area contributed by atoms with Crippen LogP contribution in [0.2, 0.25) is 0 Å². The zero-order valence-corrected chi connectivity index (χ0v) is 17.4. The summed E-state index contributed by atoms with van der Waals surface area (Å²) in [5.41, 5.74) is 7.58. The molecule has 3 rings (SSSR count). The SMILES string of the molecule is CCCOc1ccc(/C=C/C(=O)Nc2ccc(-n3ccc(C(N)=O)n3)cc2)cc1OC. The number of ether oxygens (including phenoxy) is 2. The third kappa shape index (κ3) is 5.72. The Balaban J connectivity index is 1.62. The summed E-state index contributed by atoms with van der Waals surface area (Å²) >= 11 is 0. The Bertz CT molecular complexity index is 1090. The van der Waals surface area contributed by atoms with E-state index in [2.05, 4.69) is 10.4 Å². The molecule has 0 fully saturated rings. The fourth-order valence-corrected chi connectivity index (χ4v) is 2.77. The lowest BCUT2D eigenvalue weighted by Gasteiger charge is -2.10. The molecular formula is C23H24N4O4. The number of hydrogen-bond acceptors (Lipinski definition) is 5. The quantitative estimate of drug-likeness (QED) is 0.516. The average Bonchev–Trinajstić information content (AvgIpc) is 3.28. The molecule has 0 unspecified atom stereocenters. The first-order valence-corrected chi connectivity index (χ1v) is 9.76. The first-order valence-electron chi connectivity index (χ1n) is 9.76. The van der Waals surface area contributed by atoms with E-state index >= 15 is 0 Å². The lowest BCUT2D eigenvalue weighted by Crippen LogP contribution is -2.12. The van der Waals surface area contributed by atoms with Gasteiger partial charge in [-0.15, -0.1) is 0 Å². The molecule has 2 amide bonds. The van der Waals surface area contributed by atoms with Gasteiger partial charge in [0.05, 0.1) is 19.4 Å². The van der Waals surface area contributed by atoms with Gasteiger partial charge >= 0.3 is 0 Å². The van der Waals surface area contributed by atoms with Gasteiger partial charge in [0.25, 0.3) is 5.91 Å². The summed E-state index contributed by atoms with van der Waals surface area (Å²) in [6.07, 6.45) is 5.69. The number of methoxy groups -OCH3 is 1. The predicted octanol–water partition coefficient (Wildman–Crippen LogP) is 3.42. The Morgan fingerprint density at radius 2 is 1.90 bits per heavy atom. The molecular weight excluding hydrogens is 396 g/mol. The van der Waals surface area contributed by atoms with Gasteiger partial charge in [0.1, 0.15) is 5.69 Å². The van der Waals surface area contributed by atoms with E-state index in [4.69, 9.17) is 15.2 Å². The fraction of sp³-hybridized carbons (Fsp3) is 0.174. The van der Waals surface area contributed by atoms with Gasteiger partial charge in [-0.05, 0) is 60.5 Å². The Morgan fingerprint density at radius 1 is 1.13 bits per heavy atom. The number of carbonyl (C=O) groups excluding carboxylic acids is 2. The number of carbonyl (C=O) groups is 2. The van der Waals surface area contributed by atoms with Gasteiger partial charge in [0.15, 0.2) is 11.5 Å². The van der Waals surface area contributed by atoms with E-state index in [1.165, 1.54) is 10.8 Å². The number of nitrogens with two attached hydrogens (primary N) is 1. The normalized spacial score (nSPS) is 10.8. The number of nitrogens with zero attached hydrogens (tertiary/aromatic N) is 2. The maximum absolute atomic E-state index is 12.3. The molecule has 0 aliphatic rings. The van der Waals surface area contributed by atoms with Crippen molar-refractivity contribution in [2.75, 3.05) is 19.0 Å². The van der Waals surface area contributed by atoms with Crippen molar-refractivity contribution in [1.82, 2.24) is 9.78 Å². The first kappa shape index (κ1) is 21.6. The predicted molar refractivity (Wildman–Crippen MR) is 119 cm³/mol. The van der Waals surface area contributed by atoms with Crippen LogP contribution < -0.4 is 20.5 Å². The van der Waals surface area contributed by atoms with E-state index in [1.807, 2.05) is 25.1 Å². The molecule has 160 valence electrons. The summed E-state index contributed by atoms with van der Waals surface area (Å²) in [6.45, 7) is 2.65. The Hall–Kier alpha value is -4.07. The minimum Gasteiger partial charge on any atom is -0.493 e. The smallest absolute Gasteiger partial charge is 0.269 e. The van der Waals surface area contributed by atoms with E-state index in [0.29, 0.717) is 23.8 Å². The molecule has 0 atom stereocenters. The zero-order valence-electron chi connectivity index (χ0n) is 17.4. The van der Waals surface area contributed by atoms with Gasteiger partial charge < -0.3 is 20.5 Å². The second-order valence-electron chi connectivity index (χ2n) is 6.64. The molecule has 0 aliphatic heterocycles. The van der Waals surface area contributed by atoms with Crippen LogP contribution in [-0.4, -0.2) is 35.3 Å². The van der Waals surface area contributed by atoms with Crippen LogP contribution >= 0.6 is 0 Å². The van der Waals surface area contributed by atoms with E-state index in [1.54, 1.807) is 49.7 Å². The van der Waals surface area contributed by atoms with E-state index in [9.17, 15) is 9.59 Å². The van der Waals surface area contributed by atoms with Crippen molar-refractivity contribution >= 4 is 23.6 Å². The van der Waals surface area contributed by atoms with Crippen LogP contribution in [0.4, 0.5) is 5.69 Å². The largest absolute Gasteiger partial charge is 0.493 e. The summed E-state index contributed by atoms with van der Waals surface area (Å²) in [5, 5.41) is 6.89. The first-order chi connectivity index (χ1) is 15.0. The van der Waals surface area contributed by atoms with Crippen molar-refractivity contribution in [3.05, 3.63) is 72.1 Å². The summed E-state index contributed by atoms with van der Waals surface area (Å²) in [5.74, 6) is 0.430. The Morgan fingerprint density at radius 3 is 2.55 bits per heavy atom. The average molecular weight is 420 g/mol. The molecule has 1 aromatic heterocycles. The highest BCUT2D eigenvalue weighted by atomic mass is 16.5. The second-order valence-corrected chi connectivity index (χ2v) is 6.64. The van der Waals surface area contributed by atoms with Crippen LogP contribution in [-0.2, 0) is 4.79 Å². The molecule has 0 saturated heterocycles. The van der Waals surface area contributed by atoms with Gasteiger partial charge in [0, 0.05) is 18.0 Å². The van der Waals surface area contributed by atoms with Gasteiger partial charge in [0.2, 0.25) is 5.91 Å². The number of rotatable bonds is 9. The molecule has 0 aliphatic carbocycles. The molecule has 1 heterocycles. The van der Waals surface area contributed by atoms with Crippen molar-refractivity contribution in [2.45, 2.75) is 13.3 Å². The highest BCUT2D eigenvalue weighted by Crippen LogP contribution is 2.28. The molecule has 8 nitrogen and oxygen atoms in total. The summed E-state index contributed by atoms with van der Waals surface area (Å²) in [4.78, 5) is 23.4. The third-order valence-corrected chi connectivity index (χ3v) is 4.32. The van der Waals surface area contributed by atoms with Crippen LogP contribution in [0, 0.1) is 0 Å². The van der Waals surface area contributed by atoms with E-state index < -0.39 is 5.91 Å². The van der Waals surface area contributed by atoms with Crippen molar-refractivity contribution in [2.24, 2.45) is 5.73 Å². The molecule has 0 spiro atoms. The molecule has 31 heavy (non-hydrogen) atoms. The van der Waals surface area contributed by atoms with E-state index in [-0.39, 0.29) is 11.6 Å². The van der Waals surface area contributed by atoms with E-state index in [0.717, 1.165) is 17.7 Å². The zero-order chi connectivity index (χ0) is 22.2. The highest BCUT2D eigenvalue weighted by Gasteiger charge is 2.07. The lowest BCUT2D eigenvalue weighted by molar-refractivity contribution is -0.111. The molecule has 2 aromatic carbocycles. The lowest BCUT2D eigenvalue weighted by atomic mass is 10.2. The topological polar surface area (TPSA) is 108 Å². The minimum atomic E-state index is -0.588. The van der Waals surface area contributed by atoms with Gasteiger partial charge in [-0.25, -0.2) is 4.68 Å². The minimum absolute atomic E-state index is 0.184. The molecule has 3 N–H and O–H groups in total. The maximum atomic E-state index is 12.3. The van der Waals surface area contributed by atoms with Crippen molar-refractivity contribution in [3.63, 3.8) is 0 Å². The number of primary amides is 1. The van der Waals surface area contributed by atoms with Crippen LogP contribution in [0.3, 0.4) is 0 Å². The summed E-state index contributed by atoms with van der Waals surface area (Å²) in [7, 11) is 1.58. The van der Waals surface area contributed by atoms with Crippen molar-refractivity contribution in [3.8, 4) is 17.2 Å². The third-order valence-electron chi connectivity index (χ3n) is 4.32. The standard InChI is InChI=1S/C23H24N4O4/c1-3-14-31-20-10-4-16(15-21(20)30-2)5-11-22(28)25-17-6-8-18(9-7-17)27-13-12-19(26-27)23(24)29/h4-13,15H,3,14H2,1-2H3,(H2,24,29)(H,25,28)/b11-5+. The van der Waals surface area contributed by atoms with Crippen LogP contribution in [0.1, 0.15) is 29.4 Å². The maximum Gasteiger partial charge on any atom is 0.269 e. The number of nitrogens with one attached hydrogen (secondary N) is 1. The van der Waals surface area contributed by atoms with Gasteiger partial charge in [-0.3, -0.25) is 9.59 Å². The molecule has 0 radical (unpaired) electrons. The summed E-state index contributed by atoms with van der Waals surface area (Å²) < 4.78 is 12.5. The number of amides is 2. The van der Waals surface area contributed by atoms with Crippen molar-refractivity contribution in [1.29, 1.82) is 0 Å². The fourth-order valence-electron chi connectivity index (χ4n) is 2.77. The van der Waals surface area contributed by atoms with Gasteiger partial charge in [-0.2, -0.15) is 5.10 Å². The molecule has 3 aromatic rings. The van der Waals surface area contributed by atoms with Crippen LogP contribution in [0.25, 0.3) is 11.8 Å². The monoisotopic (exact) mass is 420 g/mol. The summed E-state index contributed by atoms with van der Waals surface area (Å²) in [6, 6.07) is 14.1. The molecule has 8 heteroatoms. The van der Waals surface area contributed by atoms with Crippen LogP contribution in [0.15, 0.2) is 60.8 Å².